The zero-order valence-corrected chi connectivity index (χ0v) is 13.4. The molecule has 0 bridgehead atoms. The van der Waals surface area contributed by atoms with Gasteiger partial charge in [-0.15, -0.1) is 0 Å². The van der Waals surface area contributed by atoms with Crippen LogP contribution < -0.4 is 0 Å². The number of hydrogen-bond acceptors (Lipinski definition) is 3. The summed E-state index contributed by atoms with van der Waals surface area (Å²) in [7, 11) is 1.31. The summed E-state index contributed by atoms with van der Waals surface area (Å²) < 4.78 is 20.4. The van der Waals surface area contributed by atoms with Crippen molar-refractivity contribution in [1.82, 2.24) is 9.78 Å². The molecule has 6 heteroatoms. The third kappa shape index (κ3) is 2.92. The lowest BCUT2D eigenvalue weighted by atomic mass is 10.1. The maximum Gasteiger partial charge on any atom is 0.359 e. The van der Waals surface area contributed by atoms with Gasteiger partial charge in [-0.25, -0.2) is 9.18 Å². The molecule has 118 valence electrons. The Bertz CT molecular complexity index is 905. The number of carbonyl (C=O) groups is 1. The Balaban J connectivity index is 2.13. The maximum absolute atomic E-state index is 14.0. The lowest BCUT2D eigenvalue weighted by molar-refractivity contribution is 0.0595. The summed E-state index contributed by atoms with van der Waals surface area (Å²) in [6, 6.07) is 10.1. The van der Waals surface area contributed by atoms with Crippen molar-refractivity contribution in [1.29, 1.82) is 0 Å². The van der Waals surface area contributed by atoms with Crippen molar-refractivity contribution < 1.29 is 13.9 Å². The molecule has 0 aliphatic rings. The van der Waals surface area contributed by atoms with Crippen molar-refractivity contribution in [2.75, 3.05) is 7.11 Å². The molecule has 0 fully saturated rings. The minimum absolute atomic E-state index is 0.194. The molecule has 0 unspecified atom stereocenters. The lowest BCUT2D eigenvalue weighted by Gasteiger charge is -2.06. The van der Waals surface area contributed by atoms with Gasteiger partial charge in [0, 0.05) is 16.0 Å². The van der Waals surface area contributed by atoms with Gasteiger partial charge in [-0.05, 0) is 30.7 Å². The Morgan fingerprint density at radius 1 is 1.30 bits per heavy atom. The fraction of sp³-hybridized carbons (Fsp3) is 0.176. The summed E-state index contributed by atoms with van der Waals surface area (Å²) in [5.74, 6) is -0.928. The highest BCUT2D eigenvalue weighted by Gasteiger charge is 2.18. The predicted octanol–water partition coefficient (Wildman–Crippen LogP) is 3.97. The SMILES string of the molecule is COC(=O)c1nn(Cc2ccc(Cl)cc2F)c2cc(C)ccc12. The molecular weight excluding hydrogens is 319 g/mol. The van der Waals surface area contributed by atoms with Crippen LogP contribution in [0.25, 0.3) is 10.9 Å². The molecule has 2 aromatic carbocycles. The van der Waals surface area contributed by atoms with Crippen LogP contribution >= 0.6 is 11.6 Å². The van der Waals surface area contributed by atoms with E-state index in [1.807, 2.05) is 25.1 Å². The standard InChI is InChI=1S/C17H14ClFN2O2/c1-10-3-6-13-15(7-10)21(20-16(13)17(22)23-2)9-11-4-5-12(18)8-14(11)19/h3-8H,9H2,1-2H3. The molecule has 0 saturated carbocycles. The fourth-order valence-corrected chi connectivity index (χ4v) is 2.62. The second-order valence-electron chi connectivity index (χ2n) is 5.25. The number of hydrogen-bond donors (Lipinski definition) is 0. The number of ether oxygens (including phenoxy) is 1. The number of carbonyl (C=O) groups excluding carboxylic acids is 1. The molecule has 0 aliphatic carbocycles. The highest BCUT2D eigenvalue weighted by atomic mass is 35.5. The number of halogens is 2. The number of fused-ring (bicyclic) bond motifs is 1. The fourth-order valence-electron chi connectivity index (χ4n) is 2.46. The van der Waals surface area contributed by atoms with E-state index < -0.39 is 11.8 Å². The molecule has 0 N–H and O–H groups in total. The van der Waals surface area contributed by atoms with Crippen molar-refractivity contribution in [2.45, 2.75) is 13.5 Å². The van der Waals surface area contributed by atoms with Crippen molar-refractivity contribution in [3.63, 3.8) is 0 Å². The first kappa shape index (κ1) is 15.5. The van der Waals surface area contributed by atoms with Crippen molar-refractivity contribution >= 4 is 28.5 Å². The van der Waals surface area contributed by atoms with Crippen LogP contribution in [-0.2, 0) is 11.3 Å². The number of methoxy groups -OCH3 is 1. The summed E-state index contributed by atoms with van der Waals surface area (Å²) in [6.45, 7) is 2.14. The Kier molecular flexibility index (Phi) is 4.05. The van der Waals surface area contributed by atoms with Gasteiger partial charge >= 0.3 is 5.97 Å². The van der Waals surface area contributed by atoms with E-state index in [0.29, 0.717) is 16.0 Å². The topological polar surface area (TPSA) is 44.1 Å². The largest absolute Gasteiger partial charge is 0.464 e. The molecule has 0 aliphatic heterocycles. The van der Waals surface area contributed by atoms with Crippen molar-refractivity contribution in [3.05, 3.63) is 64.1 Å². The van der Waals surface area contributed by atoms with Crippen LogP contribution in [0.5, 0.6) is 0 Å². The third-order valence-electron chi connectivity index (χ3n) is 3.62. The molecule has 23 heavy (non-hydrogen) atoms. The van der Waals surface area contributed by atoms with Crippen molar-refractivity contribution in [2.24, 2.45) is 0 Å². The molecule has 0 spiro atoms. The molecule has 3 aromatic rings. The molecule has 1 heterocycles. The molecule has 0 atom stereocenters. The van der Waals surface area contributed by atoms with Gasteiger partial charge in [0.05, 0.1) is 19.2 Å². The Morgan fingerprint density at radius 3 is 2.78 bits per heavy atom. The van der Waals surface area contributed by atoms with Crippen LogP contribution in [-0.4, -0.2) is 22.9 Å². The summed E-state index contributed by atoms with van der Waals surface area (Å²) in [5, 5.41) is 5.32. The van der Waals surface area contributed by atoms with Gasteiger partial charge in [-0.2, -0.15) is 5.10 Å². The van der Waals surface area contributed by atoms with Gasteiger partial charge in [0.1, 0.15) is 5.82 Å². The second-order valence-corrected chi connectivity index (χ2v) is 5.69. The van der Waals surface area contributed by atoms with Crippen LogP contribution in [0.1, 0.15) is 21.6 Å². The third-order valence-corrected chi connectivity index (χ3v) is 3.86. The average Bonchev–Trinajstić information content (AvgIpc) is 2.87. The molecule has 4 nitrogen and oxygen atoms in total. The first-order valence-corrected chi connectivity index (χ1v) is 7.37. The average molecular weight is 333 g/mol. The number of nitrogens with zero attached hydrogens (tertiary/aromatic N) is 2. The summed E-state index contributed by atoms with van der Waals surface area (Å²) in [6.07, 6.45) is 0. The van der Waals surface area contributed by atoms with Gasteiger partial charge in [-0.1, -0.05) is 29.8 Å². The number of aromatic nitrogens is 2. The molecule has 0 amide bonds. The van der Waals surface area contributed by atoms with E-state index in [4.69, 9.17) is 16.3 Å². The summed E-state index contributed by atoms with van der Waals surface area (Å²) in [5.41, 5.74) is 2.43. The summed E-state index contributed by atoms with van der Waals surface area (Å²) in [4.78, 5) is 11.9. The molecule has 0 saturated heterocycles. The van der Waals surface area contributed by atoms with Gasteiger partial charge in [-0.3, -0.25) is 4.68 Å². The first-order chi connectivity index (χ1) is 11.0. The molecule has 3 rings (SSSR count). The minimum atomic E-state index is -0.519. The van der Waals surface area contributed by atoms with E-state index in [9.17, 15) is 9.18 Å². The zero-order chi connectivity index (χ0) is 16.6. The monoisotopic (exact) mass is 332 g/mol. The quantitative estimate of drug-likeness (QED) is 0.682. The van der Waals surface area contributed by atoms with Crippen LogP contribution in [0.2, 0.25) is 5.02 Å². The Labute approximate surface area is 137 Å². The van der Waals surface area contributed by atoms with Crippen LogP contribution in [0.4, 0.5) is 4.39 Å². The van der Waals surface area contributed by atoms with E-state index in [-0.39, 0.29) is 12.2 Å². The number of benzene rings is 2. The van der Waals surface area contributed by atoms with Crippen molar-refractivity contribution in [3.8, 4) is 0 Å². The second kappa shape index (κ2) is 6.01. The van der Waals surface area contributed by atoms with Crippen LogP contribution in [0.3, 0.4) is 0 Å². The highest BCUT2D eigenvalue weighted by Crippen LogP contribution is 2.23. The minimum Gasteiger partial charge on any atom is -0.464 e. The number of esters is 1. The normalized spacial score (nSPS) is 11.0. The first-order valence-electron chi connectivity index (χ1n) is 6.99. The zero-order valence-electron chi connectivity index (χ0n) is 12.6. The van der Waals surface area contributed by atoms with E-state index in [0.717, 1.165) is 11.1 Å². The van der Waals surface area contributed by atoms with Gasteiger partial charge < -0.3 is 4.74 Å². The lowest BCUT2D eigenvalue weighted by Crippen LogP contribution is -2.07. The smallest absolute Gasteiger partial charge is 0.359 e. The predicted molar refractivity (Wildman–Crippen MR) is 86.3 cm³/mol. The van der Waals surface area contributed by atoms with Gasteiger partial charge in [0.25, 0.3) is 0 Å². The van der Waals surface area contributed by atoms with Crippen LogP contribution in [0.15, 0.2) is 36.4 Å². The van der Waals surface area contributed by atoms with E-state index >= 15 is 0 Å². The maximum atomic E-state index is 14.0. The van der Waals surface area contributed by atoms with E-state index in [2.05, 4.69) is 5.10 Å². The molecule has 1 aromatic heterocycles. The van der Waals surface area contributed by atoms with Gasteiger partial charge in [0.2, 0.25) is 0 Å². The number of aryl methyl sites for hydroxylation is 1. The summed E-state index contributed by atoms with van der Waals surface area (Å²) >= 11 is 5.78. The number of rotatable bonds is 3. The van der Waals surface area contributed by atoms with Gasteiger partial charge in [0.15, 0.2) is 5.69 Å². The van der Waals surface area contributed by atoms with Crippen LogP contribution in [0, 0.1) is 12.7 Å². The van der Waals surface area contributed by atoms with E-state index in [1.165, 1.54) is 13.2 Å². The molecule has 0 radical (unpaired) electrons. The van der Waals surface area contributed by atoms with E-state index in [1.54, 1.807) is 16.8 Å². The molecular formula is C17H14ClFN2O2. The highest BCUT2D eigenvalue weighted by molar-refractivity contribution is 6.30. The Morgan fingerprint density at radius 2 is 2.09 bits per heavy atom. The Hall–Kier alpha value is -2.40.